The molecule has 0 rings (SSSR count). The van der Waals surface area contributed by atoms with Crippen molar-refractivity contribution in [3.8, 4) is 0 Å². The lowest BCUT2D eigenvalue weighted by molar-refractivity contribution is -0.167. The van der Waals surface area contributed by atoms with Gasteiger partial charge in [-0.1, -0.05) is 276 Å². The van der Waals surface area contributed by atoms with Crippen LogP contribution >= 0.6 is 0 Å². The van der Waals surface area contributed by atoms with Crippen molar-refractivity contribution >= 4 is 17.9 Å². The highest BCUT2D eigenvalue weighted by Gasteiger charge is 2.19. The maximum absolute atomic E-state index is 12.9. The number of carbonyl (C=O) groups excluding carboxylic acids is 3. The van der Waals surface area contributed by atoms with E-state index in [0.29, 0.717) is 19.3 Å². The maximum atomic E-state index is 12.9. The Morgan fingerprint density at radius 3 is 0.800 bits per heavy atom. The van der Waals surface area contributed by atoms with E-state index in [2.05, 4.69) is 154 Å². The molecule has 0 amide bonds. The van der Waals surface area contributed by atoms with Gasteiger partial charge in [0.25, 0.3) is 0 Å². The minimum Gasteiger partial charge on any atom is -0.462 e. The van der Waals surface area contributed by atoms with Gasteiger partial charge >= 0.3 is 17.9 Å². The summed E-state index contributed by atoms with van der Waals surface area (Å²) in [5, 5.41) is 0. The van der Waals surface area contributed by atoms with E-state index in [0.717, 1.165) is 128 Å². The summed E-state index contributed by atoms with van der Waals surface area (Å²) in [5.41, 5.74) is 0. The molecule has 454 valence electrons. The Labute approximate surface area is 494 Å². The summed E-state index contributed by atoms with van der Waals surface area (Å²) in [5.74, 6) is -0.949. The third-order valence-corrected chi connectivity index (χ3v) is 13.9. The van der Waals surface area contributed by atoms with Crippen molar-refractivity contribution in [2.75, 3.05) is 13.2 Å². The van der Waals surface area contributed by atoms with Crippen molar-refractivity contribution in [2.24, 2.45) is 0 Å². The summed E-state index contributed by atoms with van der Waals surface area (Å²) in [6.45, 7) is 6.36. The Morgan fingerprint density at radius 1 is 0.263 bits per heavy atom. The first-order valence-electron chi connectivity index (χ1n) is 33.2. The van der Waals surface area contributed by atoms with Gasteiger partial charge in [-0.05, 0) is 135 Å². The predicted molar refractivity (Wildman–Crippen MR) is 348 cm³/mol. The molecule has 80 heavy (non-hydrogen) atoms. The van der Waals surface area contributed by atoms with Crippen LogP contribution in [0.1, 0.15) is 297 Å². The van der Waals surface area contributed by atoms with Gasteiger partial charge in [-0.25, -0.2) is 0 Å². The van der Waals surface area contributed by atoms with Gasteiger partial charge in [0.15, 0.2) is 6.10 Å². The van der Waals surface area contributed by atoms with E-state index >= 15 is 0 Å². The molecular formula is C74H122O6. The zero-order valence-electron chi connectivity index (χ0n) is 52.0. The molecule has 6 heteroatoms. The van der Waals surface area contributed by atoms with Crippen LogP contribution < -0.4 is 0 Å². The zero-order valence-corrected chi connectivity index (χ0v) is 52.0. The molecule has 0 saturated carbocycles. The highest BCUT2D eigenvalue weighted by Crippen LogP contribution is 2.16. The lowest BCUT2D eigenvalue weighted by Gasteiger charge is -2.18. The van der Waals surface area contributed by atoms with Crippen molar-refractivity contribution in [3.63, 3.8) is 0 Å². The number of ether oxygens (including phenoxy) is 3. The smallest absolute Gasteiger partial charge is 0.306 e. The van der Waals surface area contributed by atoms with E-state index in [9.17, 15) is 14.4 Å². The molecule has 0 fully saturated rings. The molecule has 0 aromatic carbocycles. The summed E-state index contributed by atoms with van der Waals surface area (Å²) in [7, 11) is 0. The number of hydrogen-bond donors (Lipinski definition) is 0. The molecule has 0 aromatic heterocycles. The molecule has 0 aliphatic rings. The van der Waals surface area contributed by atoms with Gasteiger partial charge in [-0.15, -0.1) is 0 Å². The second-order valence-electron chi connectivity index (χ2n) is 21.6. The van der Waals surface area contributed by atoms with Crippen molar-refractivity contribution in [2.45, 2.75) is 303 Å². The van der Waals surface area contributed by atoms with Crippen molar-refractivity contribution < 1.29 is 28.6 Å². The van der Waals surface area contributed by atoms with Crippen molar-refractivity contribution in [1.82, 2.24) is 0 Å². The second kappa shape index (κ2) is 67.1. The van der Waals surface area contributed by atoms with Gasteiger partial charge in [-0.3, -0.25) is 14.4 Å². The van der Waals surface area contributed by atoms with Crippen LogP contribution in [0.4, 0.5) is 0 Å². The van der Waals surface area contributed by atoms with Gasteiger partial charge in [0, 0.05) is 19.3 Å². The van der Waals surface area contributed by atoms with E-state index in [-0.39, 0.29) is 37.5 Å². The summed E-state index contributed by atoms with van der Waals surface area (Å²) in [4.78, 5) is 38.3. The molecule has 0 saturated heterocycles. The third-order valence-electron chi connectivity index (χ3n) is 13.9. The minimum atomic E-state index is -0.809. The minimum absolute atomic E-state index is 0.1000. The molecule has 0 aromatic rings. The third kappa shape index (κ3) is 64.4. The highest BCUT2D eigenvalue weighted by molar-refractivity contribution is 5.71. The van der Waals surface area contributed by atoms with Gasteiger partial charge in [0.1, 0.15) is 13.2 Å². The molecule has 0 bridgehead atoms. The summed E-state index contributed by atoms with van der Waals surface area (Å²) < 4.78 is 16.9. The standard InChI is InChI=1S/C74H122O6/c1-4-7-10-13-16-19-22-25-27-29-31-33-34-35-36-37-38-39-40-42-43-45-47-49-52-55-58-61-64-67-73(76)79-70-71(69-78-72(75)66-63-60-57-54-51-24-21-18-15-12-9-6-3)80-74(77)68-65-62-59-56-53-50-48-46-44-41-32-30-28-26-23-20-17-14-11-8-5-2/h7-8,10-11,16-21,25-28,31-33,41,46,48,53,56,71H,4-6,9,12-15,22-24,29-30,34-40,42-45,47,49-52,54-55,57-70H2,1-3H3/b10-7-,11-8-,19-16-,20-17-,21-18-,27-25-,28-26-,33-31-,41-32-,48-46-,56-53-. The Hall–Kier alpha value is -4.45. The van der Waals surface area contributed by atoms with Gasteiger partial charge in [0.05, 0.1) is 0 Å². The van der Waals surface area contributed by atoms with Crippen molar-refractivity contribution in [3.05, 3.63) is 134 Å². The van der Waals surface area contributed by atoms with Gasteiger partial charge in [-0.2, -0.15) is 0 Å². The highest BCUT2D eigenvalue weighted by atomic mass is 16.6. The second-order valence-corrected chi connectivity index (χ2v) is 21.6. The van der Waals surface area contributed by atoms with Crippen molar-refractivity contribution in [1.29, 1.82) is 0 Å². The number of rotatable bonds is 59. The van der Waals surface area contributed by atoms with Crippen LogP contribution in [0.25, 0.3) is 0 Å². The lowest BCUT2D eigenvalue weighted by Crippen LogP contribution is -2.30. The predicted octanol–water partition coefficient (Wildman–Crippen LogP) is 22.9. The molecule has 6 nitrogen and oxygen atoms in total. The Balaban J connectivity index is 4.32. The largest absolute Gasteiger partial charge is 0.462 e. The average Bonchev–Trinajstić information content (AvgIpc) is 3.46. The first-order chi connectivity index (χ1) is 39.5. The summed E-state index contributed by atoms with van der Waals surface area (Å²) in [6.07, 6.45) is 94.7. The quantitative estimate of drug-likeness (QED) is 0.0261. The number of hydrogen-bond acceptors (Lipinski definition) is 6. The summed E-state index contributed by atoms with van der Waals surface area (Å²) in [6, 6.07) is 0. The molecule has 0 aliphatic heterocycles. The first-order valence-corrected chi connectivity index (χ1v) is 33.2. The maximum Gasteiger partial charge on any atom is 0.306 e. The molecule has 0 N–H and O–H groups in total. The number of unbranched alkanes of at least 4 members (excludes halogenated alkanes) is 26. The average molecular weight is 1110 g/mol. The molecular weight excluding hydrogens is 985 g/mol. The van der Waals surface area contributed by atoms with Crippen LogP contribution in [0.2, 0.25) is 0 Å². The van der Waals surface area contributed by atoms with E-state index in [4.69, 9.17) is 14.2 Å². The fraction of sp³-hybridized carbons (Fsp3) is 0.662. The van der Waals surface area contributed by atoms with Crippen LogP contribution in [-0.2, 0) is 28.6 Å². The molecule has 1 atom stereocenters. The molecule has 0 spiro atoms. The van der Waals surface area contributed by atoms with Crippen LogP contribution in [-0.4, -0.2) is 37.2 Å². The zero-order chi connectivity index (χ0) is 57.8. The molecule has 0 aliphatic carbocycles. The van der Waals surface area contributed by atoms with Crippen LogP contribution in [0.3, 0.4) is 0 Å². The monoisotopic (exact) mass is 1110 g/mol. The van der Waals surface area contributed by atoms with E-state index in [1.165, 1.54) is 122 Å². The van der Waals surface area contributed by atoms with Crippen LogP contribution in [0.5, 0.6) is 0 Å². The fourth-order valence-corrected chi connectivity index (χ4v) is 8.96. The SMILES string of the molecule is CC/C=C\C/C=C\C/C=C\C/C=C\C/C=C\C/C=C\CCCCC(=O)OC(COC(=O)CCCCCCC/C=C\CCCCC)COC(=O)CCCCCCCCCCCCCCCCCC/C=C\C/C=C\C/C=C\C/C=C\CC. The van der Waals surface area contributed by atoms with Gasteiger partial charge < -0.3 is 14.2 Å². The number of carbonyl (C=O) groups is 3. The summed E-state index contributed by atoms with van der Waals surface area (Å²) >= 11 is 0. The Morgan fingerprint density at radius 2 is 0.487 bits per heavy atom. The number of allylic oxidation sites excluding steroid dienone is 22. The normalized spacial score (nSPS) is 13.0. The molecule has 0 radical (unpaired) electrons. The Bertz CT molecular complexity index is 1700. The van der Waals surface area contributed by atoms with E-state index < -0.39 is 6.10 Å². The van der Waals surface area contributed by atoms with E-state index in [1.807, 2.05) is 0 Å². The molecule has 0 heterocycles. The lowest BCUT2D eigenvalue weighted by atomic mass is 10.0. The van der Waals surface area contributed by atoms with Gasteiger partial charge in [0.2, 0.25) is 0 Å². The fourth-order valence-electron chi connectivity index (χ4n) is 8.96. The molecule has 1 unspecified atom stereocenters. The van der Waals surface area contributed by atoms with Crippen LogP contribution in [0.15, 0.2) is 134 Å². The number of esters is 3. The van der Waals surface area contributed by atoms with E-state index in [1.54, 1.807) is 0 Å². The van der Waals surface area contributed by atoms with Crippen LogP contribution in [0, 0.1) is 0 Å². The topological polar surface area (TPSA) is 78.9 Å². The first kappa shape index (κ1) is 75.5. The Kier molecular flexibility index (Phi) is 63.3.